The van der Waals surface area contributed by atoms with Crippen molar-refractivity contribution < 1.29 is 19.3 Å². The number of aliphatic hydroxyl groups is 1. The number of hydrogen-bond donors (Lipinski definition) is 1. The minimum absolute atomic E-state index is 0.414. The Balaban J connectivity index is 2.13. The van der Waals surface area contributed by atoms with Crippen LogP contribution < -0.4 is 14.2 Å². The molecule has 2 aromatic carbocycles. The molecule has 0 radical (unpaired) electrons. The summed E-state index contributed by atoms with van der Waals surface area (Å²) in [5, 5.41) is 9.80. The predicted molar refractivity (Wildman–Crippen MR) is 81.0 cm³/mol. The summed E-state index contributed by atoms with van der Waals surface area (Å²) in [6.45, 7) is 2.12. The van der Waals surface area contributed by atoms with E-state index in [0.717, 1.165) is 16.9 Å². The smallest absolute Gasteiger partial charge is 0.129 e. The van der Waals surface area contributed by atoms with Crippen LogP contribution in [-0.2, 0) is 6.61 Å². The van der Waals surface area contributed by atoms with Crippen molar-refractivity contribution in [2.24, 2.45) is 0 Å². The molecule has 0 saturated heterocycles. The lowest BCUT2D eigenvalue weighted by Crippen LogP contribution is -2.01. The van der Waals surface area contributed by atoms with Crippen LogP contribution >= 0.6 is 0 Å². The minimum Gasteiger partial charge on any atom is -0.497 e. The van der Waals surface area contributed by atoms with Gasteiger partial charge in [0.05, 0.1) is 20.3 Å². The molecule has 0 amide bonds. The highest BCUT2D eigenvalue weighted by molar-refractivity contribution is 5.42. The third-order valence-corrected chi connectivity index (χ3v) is 3.22. The Kier molecular flexibility index (Phi) is 5.06. The normalized spacial score (nSPS) is 11.8. The fourth-order valence-electron chi connectivity index (χ4n) is 1.99. The van der Waals surface area contributed by atoms with E-state index in [1.165, 1.54) is 0 Å². The summed E-state index contributed by atoms with van der Waals surface area (Å²) in [6.07, 6.45) is -0.596. The highest BCUT2D eigenvalue weighted by Crippen LogP contribution is 2.30. The van der Waals surface area contributed by atoms with Gasteiger partial charge in [-0.25, -0.2) is 0 Å². The first kappa shape index (κ1) is 15.2. The molecule has 0 unspecified atom stereocenters. The molecule has 0 spiro atoms. The van der Waals surface area contributed by atoms with E-state index in [1.807, 2.05) is 36.4 Å². The van der Waals surface area contributed by atoms with Gasteiger partial charge in [0.2, 0.25) is 0 Å². The third kappa shape index (κ3) is 3.89. The Hall–Kier alpha value is -2.20. The van der Waals surface area contributed by atoms with E-state index in [2.05, 4.69) is 0 Å². The van der Waals surface area contributed by atoms with Gasteiger partial charge in [-0.3, -0.25) is 0 Å². The Morgan fingerprint density at radius 1 is 0.952 bits per heavy atom. The van der Waals surface area contributed by atoms with Gasteiger partial charge >= 0.3 is 0 Å². The molecule has 0 aromatic heterocycles. The first-order valence-corrected chi connectivity index (χ1v) is 6.75. The van der Waals surface area contributed by atoms with Crippen molar-refractivity contribution in [1.82, 2.24) is 0 Å². The van der Waals surface area contributed by atoms with Crippen LogP contribution in [0.15, 0.2) is 42.5 Å². The van der Waals surface area contributed by atoms with Gasteiger partial charge in [0, 0.05) is 11.6 Å². The SMILES string of the molecule is COc1ccc(COc2cc(OC)ccc2[C@H](C)O)cc1. The predicted octanol–water partition coefficient (Wildman–Crippen LogP) is 3.34. The molecule has 21 heavy (non-hydrogen) atoms. The van der Waals surface area contributed by atoms with Crippen molar-refractivity contribution in [1.29, 1.82) is 0 Å². The van der Waals surface area contributed by atoms with Gasteiger partial charge in [-0.15, -0.1) is 0 Å². The molecule has 0 aliphatic carbocycles. The maximum atomic E-state index is 9.80. The van der Waals surface area contributed by atoms with E-state index in [0.29, 0.717) is 18.1 Å². The highest BCUT2D eigenvalue weighted by Gasteiger charge is 2.11. The molecule has 0 saturated carbocycles. The summed E-state index contributed by atoms with van der Waals surface area (Å²) >= 11 is 0. The molecule has 0 bridgehead atoms. The van der Waals surface area contributed by atoms with Crippen LogP contribution in [0.3, 0.4) is 0 Å². The number of aliphatic hydroxyl groups excluding tert-OH is 1. The Morgan fingerprint density at radius 2 is 1.57 bits per heavy atom. The Morgan fingerprint density at radius 3 is 2.14 bits per heavy atom. The van der Waals surface area contributed by atoms with Crippen LogP contribution in [0.4, 0.5) is 0 Å². The molecule has 112 valence electrons. The number of rotatable bonds is 6. The summed E-state index contributed by atoms with van der Waals surface area (Å²) < 4.78 is 16.1. The molecule has 1 atom stereocenters. The van der Waals surface area contributed by atoms with Crippen LogP contribution in [0.5, 0.6) is 17.2 Å². The zero-order chi connectivity index (χ0) is 15.2. The molecule has 2 aromatic rings. The van der Waals surface area contributed by atoms with Gasteiger partial charge in [-0.2, -0.15) is 0 Å². The largest absolute Gasteiger partial charge is 0.497 e. The Bertz CT molecular complexity index is 576. The summed E-state index contributed by atoms with van der Waals surface area (Å²) in [7, 11) is 3.24. The summed E-state index contributed by atoms with van der Waals surface area (Å²) in [5.41, 5.74) is 1.76. The second kappa shape index (κ2) is 6.99. The lowest BCUT2D eigenvalue weighted by Gasteiger charge is -2.15. The molecule has 4 nitrogen and oxygen atoms in total. The Labute approximate surface area is 124 Å². The van der Waals surface area contributed by atoms with Crippen LogP contribution in [0.1, 0.15) is 24.2 Å². The maximum Gasteiger partial charge on any atom is 0.129 e. The van der Waals surface area contributed by atoms with E-state index in [4.69, 9.17) is 14.2 Å². The second-order valence-electron chi connectivity index (χ2n) is 4.72. The summed E-state index contributed by atoms with van der Waals surface area (Å²) in [4.78, 5) is 0. The van der Waals surface area contributed by atoms with Crippen molar-refractivity contribution in [3.05, 3.63) is 53.6 Å². The number of methoxy groups -OCH3 is 2. The highest BCUT2D eigenvalue weighted by atomic mass is 16.5. The fraction of sp³-hybridized carbons (Fsp3) is 0.294. The third-order valence-electron chi connectivity index (χ3n) is 3.22. The molecule has 0 heterocycles. The second-order valence-corrected chi connectivity index (χ2v) is 4.72. The number of ether oxygens (including phenoxy) is 3. The average molecular weight is 288 g/mol. The topological polar surface area (TPSA) is 47.9 Å². The van der Waals surface area contributed by atoms with Crippen molar-refractivity contribution >= 4 is 0 Å². The van der Waals surface area contributed by atoms with E-state index in [1.54, 1.807) is 27.2 Å². The van der Waals surface area contributed by atoms with E-state index in [9.17, 15) is 5.11 Å². The molecule has 0 fully saturated rings. The quantitative estimate of drug-likeness (QED) is 0.885. The van der Waals surface area contributed by atoms with E-state index >= 15 is 0 Å². The lowest BCUT2D eigenvalue weighted by molar-refractivity contribution is 0.190. The van der Waals surface area contributed by atoms with E-state index in [-0.39, 0.29) is 0 Å². The standard InChI is InChI=1S/C17H20O4/c1-12(18)16-9-8-15(20-3)10-17(16)21-11-13-4-6-14(19-2)7-5-13/h4-10,12,18H,11H2,1-3H3/t12-/m0/s1. The molecule has 0 aliphatic heterocycles. The fourth-order valence-corrected chi connectivity index (χ4v) is 1.99. The molecular weight excluding hydrogens is 268 g/mol. The zero-order valence-electron chi connectivity index (χ0n) is 12.5. The first-order chi connectivity index (χ1) is 10.1. The van der Waals surface area contributed by atoms with Crippen molar-refractivity contribution in [2.45, 2.75) is 19.6 Å². The molecule has 1 N–H and O–H groups in total. The van der Waals surface area contributed by atoms with Gasteiger partial charge in [-0.1, -0.05) is 12.1 Å². The van der Waals surface area contributed by atoms with Gasteiger partial charge in [0.1, 0.15) is 23.9 Å². The van der Waals surface area contributed by atoms with Crippen LogP contribution in [0.25, 0.3) is 0 Å². The monoisotopic (exact) mass is 288 g/mol. The maximum absolute atomic E-state index is 9.80. The summed E-state index contributed by atoms with van der Waals surface area (Å²) in [5.74, 6) is 2.13. The van der Waals surface area contributed by atoms with Gasteiger partial charge in [0.25, 0.3) is 0 Å². The van der Waals surface area contributed by atoms with Gasteiger partial charge in [-0.05, 0) is 36.8 Å². The van der Waals surface area contributed by atoms with Crippen LogP contribution in [0, 0.1) is 0 Å². The average Bonchev–Trinajstić information content (AvgIpc) is 2.52. The van der Waals surface area contributed by atoms with Crippen LogP contribution in [0.2, 0.25) is 0 Å². The van der Waals surface area contributed by atoms with Gasteiger partial charge < -0.3 is 19.3 Å². The van der Waals surface area contributed by atoms with E-state index < -0.39 is 6.10 Å². The van der Waals surface area contributed by atoms with Crippen molar-refractivity contribution in [3.63, 3.8) is 0 Å². The first-order valence-electron chi connectivity index (χ1n) is 6.75. The van der Waals surface area contributed by atoms with Crippen LogP contribution in [-0.4, -0.2) is 19.3 Å². The number of benzene rings is 2. The lowest BCUT2D eigenvalue weighted by atomic mass is 10.1. The molecule has 2 rings (SSSR count). The molecule has 4 heteroatoms. The number of hydrogen-bond acceptors (Lipinski definition) is 4. The van der Waals surface area contributed by atoms with Crippen molar-refractivity contribution in [3.8, 4) is 17.2 Å². The van der Waals surface area contributed by atoms with Gasteiger partial charge in [0.15, 0.2) is 0 Å². The summed E-state index contributed by atoms with van der Waals surface area (Å²) in [6, 6.07) is 13.1. The molecular formula is C17H20O4. The minimum atomic E-state index is -0.596. The molecule has 0 aliphatic rings. The van der Waals surface area contributed by atoms with Crippen molar-refractivity contribution in [2.75, 3.05) is 14.2 Å². The zero-order valence-corrected chi connectivity index (χ0v) is 12.5.